The molecular formula is C15H19N3O2S. The van der Waals surface area contributed by atoms with Crippen LogP contribution in [0.3, 0.4) is 0 Å². The predicted molar refractivity (Wildman–Crippen MR) is 84.9 cm³/mol. The zero-order valence-electron chi connectivity index (χ0n) is 12.1. The first-order valence-electron chi connectivity index (χ1n) is 6.89. The highest BCUT2D eigenvalue weighted by Gasteiger charge is 2.12. The molecule has 1 heterocycles. The molecule has 0 saturated carbocycles. The number of carbonyl (C=O) groups excluding carboxylic acids is 1. The molecule has 3 N–H and O–H groups in total. The molecule has 5 nitrogen and oxygen atoms in total. The zero-order valence-corrected chi connectivity index (χ0v) is 12.9. The van der Waals surface area contributed by atoms with Gasteiger partial charge in [0.05, 0.1) is 5.69 Å². The van der Waals surface area contributed by atoms with Gasteiger partial charge in [-0.05, 0) is 44.2 Å². The molecule has 21 heavy (non-hydrogen) atoms. The smallest absolute Gasteiger partial charge is 0.257 e. The molecule has 0 saturated heterocycles. The van der Waals surface area contributed by atoms with Crippen molar-refractivity contribution >= 4 is 22.4 Å². The summed E-state index contributed by atoms with van der Waals surface area (Å²) in [4.78, 5) is 16.5. The van der Waals surface area contributed by atoms with Gasteiger partial charge in [0.15, 0.2) is 5.13 Å². The number of amides is 1. The zero-order chi connectivity index (χ0) is 15.2. The number of hydrogen-bond donors (Lipinski definition) is 3. The normalized spacial score (nSPS) is 12.1. The number of nitrogens with one attached hydrogen (secondary N) is 2. The van der Waals surface area contributed by atoms with Crippen molar-refractivity contribution in [1.29, 1.82) is 0 Å². The summed E-state index contributed by atoms with van der Waals surface area (Å²) in [5.74, 6) is -0.0935. The van der Waals surface area contributed by atoms with Crippen LogP contribution in [0.1, 0.15) is 42.4 Å². The molecule has 0 aliphatic carbocycles. The summed E-state index contributed by atoms with van der Waals surface area (Å²) in [6.45, 7) is 5.11. The number of hydrogen-bond acceptors (Lipinski definition) is 5. The van der Waals surface area contributed by atoms with Crippen LogP contribution in [0.5, 0.6) is 5.75 Å². The Labute approximate surface area is 128 Å². The predicted octanol–water partition coefficient (Wildman–Crippen LogP) is 3.16. The van der Waals surface area contributed by atoms with Crippen LogP contribution < -0.4 is 10.6 Å². The summed E-state index contributed by atoms with van der Waals surface area (Å²) in [6, 6.07) is 6.29. The average Bonchev–Trinajstić information content (AvgIpc) is 2.94. The van der Waals surface area contributed by atoms with Crippen LogP contribution in [0.15, 0.2) is 29.6 Å². The van der Waals surface area contributed by atoms with Crippen LogP contribution in [-0.4, -0.2) is 22.5 Å². The Morgan fingerprint density at radius 3 is 2.76 bits per heavy atom. The molecule has 0 fully saturated rings. The highest BCUT2D eigenvalue weighted by molar-refractivity contribution is 7.14. The number of benzene rings is 1. The van der Waals surface area contributed by atoms with Gasteiger partial charge in [-0.2, -0.15) is 0 Å². The summed E-state index contributed by atoms with van der Waals surface area (Å²) >= 11 is 1.41. The molecule has 0 bridgehead atoms. The van der Waals surface area contributed by atoms with Crippen molar-refractivity contribution in [2.45, 2.75) is 26.3 Å². The number of thiazole rings is 1. The van der Waals surface area contributed by atoms with Crippen LogP contribution in [0, 0.1) is 0 Å². The van der Waals surface area contributed by atoms with Gasteiger partial charge in [-0.1, -0.05) is 6.92 Å². The van der Waals surface area contributed by atoms with Crippen LogP contribution in [-0.2, 0) is 0 Å². The second-order valence-electron chi connectivity index (χ2n) is 4.75. The van der Waals surface area contributed by atoms with E-state index in [-0.39, 0.29) is 17.7 Å². The van der Waals surface area contributed by atoms with Crippen molar-refractivity contribution in [3.63, 3.8) is 0 Å². The summed E-state index contributed by atoms with van der Waals surface area (Å²) in [6.07, 6.45) is 1.07. The molecule has 1 amide bonds. The fourth-order valence-electron chi connectivity index (χ4n) is 1.79. The summed E-state index contributed by atoms with van der Waals surface area (Å²) in [7, 11) is 0. The van der Waals surface area contributed by atoms with Crippen molar-refractivity contribution in [2.24, 2.45) is 0 Å². The molecule has 1 aromatic heterocycles. The minimum atomic E-state index is -0.231. The van der Waals surface area contributed by atoms with Crippen LogP contribution in [0.2, 0.25) is 0 Å². The quantitative estimate of drug-likeness (QED) is 0.766. The van der Waals surface area contributed by atoms with E-state index in [0.717, 1.165) is 18.7 Å². The molecule has 2 rings (SSSR count). The van der Waals surface area contributed by atoms with Gasteiger partial charge in [-0.3, -0.25) is 10.1 Å². The number of phenolic OH excluding ortho intramolecular Hbond substituents is 1. The largest absolute Gasteiger partial charge is 0.508 e. The van der Waals surface area contributed by atoms with E-state index in [4.69, 9.17) is 0 Å². The summed E-state index contributed by atoms with van der Waals surface area (Å²) in [5.41, 5.74) is 1.41. The second kappa shape index (κ2) is 7.19. The van der Waals surface area contributed by atoms with E-state index in [1.54, 1.807) is 12.1 Å². The van der Waals surface area contributed by atoms with Gasteiger partial charge in [0, 0.05) is 17.0 Å². The number of phenols is 1. The molecule has 112 valence electrons. The molecule has 1 atom stereocenters. The van der Waals surface area contributed by atoms with Gasteiger partial charge in [-0.25, -0.2) is 4.98 Å². The maximum atomic E-state index is 12.0. The highest BCUT2D eigenvalue weighted by atomic mass is 32.1. The monoisotopic (exact) mass is 305 g/mol. The summed E-state index contributed by atoms with van der Waals surface area (Å²) < 4.78 is 0. The SMILES string of the molecule is CCCNC(C)c1csc(NC(=O)c2ccc(O)cc2)n1. The van der Waals surface area contributed by atoms with E-state index in [1.165, 1.54) is 23.5 Å². The molecular weight excluding hydrogens is 286 g/mol. The van der Waals surface area contributed by atoms with Crippen LogP contribution in [0.4, 0.5) is 5.13 Å². The first-order valence-corrected chi connectivity index (χ1v) is 7.77. The van der Waals surface area contributed by atoms with E-state index >= 15 is 0 Å². The molecule has 2 aromatic rings. The lowest BCUT2D eigenvalue weighted by Gasteiger charge is -2.09. The van der Waals surface area contributed by atoms with Gasteiger partial charge in [0.1, 0.15) is 5.75 Å². The van der Waals surface area contributed by atoms with Crippen molar-refractivity contribution in [1.82, 2.24) is 10.3 Å². The Morgan fingerprint density at radius 2 is 2.10 bits per heavy atom. The first-order chi connectivity index (χ1) is 10.1. The van der Waals surface area contributed by atoms with Gasteiger partial charge >= 0.3 is 0 Å². The molecule has 0 spiro atoms. The minimum absolute atomic E-state index is 0.138. The topological polar surface area (TPSA) is 74.2 Å². The van der Waals surface area contributed by atoms with E-state index < -0.39 is 0 Å². The number of nitrogens with zero attached hydrogens (tertiary/aromatic N) is 1. The lowest BCUT2D eigenvalue weighted by molar-refractivity contribution is 0.102. The summed E-state index contributed by atoms with van der Waals surface area (Å²) in [5, 5.41) is 17.9. The van der Waals surface area contributed by atoms with Crippen molar-refractivity contribution in [2.75, 3.05) is 11.9 Å². The maximum Gasteiger partial charge on any atom is 0.257 e. The molecule has 6 heteroatoms. The molecule has 1 unspecified atom stereocenters. The number of aromatic nitrogens is 1. The number of aromatic hydroxyl groups is 1. The lowest BCUT2D eigenvalue weighted by Crippen LogP contribution is -2.19. The van der Waals surface area contributed by atoms with E-state index in [0.29, 0.717) is 10.7 Å². The lowest BCUT2D eigenvalue weighted by atomic mass is 10.2. The van der Waals surface area contributed by atoms with Crippen LogP contribution >= 0.6 is 11.3 Å². The fourth-order valence-corrected chi connectivity index (χ4v) is 2.59. The minimum Gasteiger partial charge on any atom is -0.508 e. The molecule has 1 aromatic carbocycles. The standard InChI is InChI=1S/C15H19N3O2S/c1-3-8-16-10(2)13-9-21-15(17-13)18-14(20)11-4-6-12(19)7-5-11/h4-7,9-10,16,19H,3,8H2,1-2H3,(H,17,18,20). The van der Waals surface area contributed by atoms with Gasteiger partial charge < -0.3 is 10.4 Å². The Kier molecular flexibility index (Phi) is 5.30. The average molecular weight is 305 g/mol. The first kappa shape index (κ1) is 15.5. The molecule has 0 aliphatic heterocycles. The number of rotatable bonds is 6. The van der Waals surface area contributed by atoms with Crippen molar-refractivity contribution in [3.05, 3.63) is 40.9 Å². The van der Waals surface area contributed by atoms with Crippen LogP contribution in [0.25, 0.3) is 0 Å². The van der Waals surface area contributed by atoms with E-state index in [9.17, 15) is 9.90 Å². The second-order valence-corrected chi connectivity index (χ2v) is 5.61. The van der Waals surface area contributed by atoms with Crippen molar-refractivity contribution < 1.29 is 9.90 Å². The third-order valence-electron chi connectivity index (χ3n) is 3.02. The molecule has 0 radical (unpaired) electrons. The van der Waals surface area contributed by atoms with Crippen molar-refractivity contribution in [3.8, 4) is 5.75 Å². The Hall–Kier alpha value is -1.92. The van der Waals surface area contributed by atoms with E-state index in [2.05, 4.69) is 29.5 Å². The third-order valence-corrected chi connectivity index (χ3v) is 3.79. The van der Waals surface area contributed by atoms with E-state index in [1.807, 2.05) is 5.38 Å². The number of anilines is 1. The Bertz CT molecular complexity index is 595. The van der Waals surface area contributed by atoms with Gasteiger partial charge in [-0.15, -0.1) is 11.3 Å². The maximum absolute atomic E-state index is 12.0. The van der Waals surface area contributed by atoms with Gasteiger partial charge in [0.2, 0.25) is 0 Å². The van der Waals surface area contributed by atoms with Gasteiger partial charge in [0.25, 0.3) is 5.91 Å². The Morgan fingerprint density at radius 1 is 1.38 bits per heavy atom. The number of carbonyl (C=O) groups is 1. The molecule has 0 aliphatic rings. The highest BCUT2D eigenvalue weighted by Crippen LogP contribution is 2.21. The fraction of sp³-hybridized carbons (Fsp3) is 0.333. The Balaban J connectivity index is 1.98. The third kappa shape index (κ3) is 4.27.